The summed E-state index contributed by atoms with van der Waals surface area (Å²) >= 11 is 3.17. The van der Waals surface area contributed by atoms with E-state index in [1.54, 1.807) is 48.0 Å². The third-order valence-corrected chi connectivity index (χ3v) is 8.85. The molecule has 0 fully saturated rings. The molecule has 0 aliphatic rings. The van der Waals surface area contributed by atoms with Gasteiger partial charge in [0.1, 0.15) is 5.82 Å². The van der Waals surface area contributed by atoms with Crippen LogP contribution in [0.1, 0.15) is 60.3 Å². The van der Waals surface area contributed by atoms with Gasteiger partial charge in [0.25, 0.3) is 0 Å². The average molecular weight is 658 g/mol. The topological polar surface area (TPSA) is 105 Å². The minimum atomic E-state index is -0.938. The molecule has 4 aromatic carbocycles. The number of unbranched alkanes of at least 4 members (excludes halogenated alkanes) is 1. The molecule has 2 N–H and O–H groups in total. The Bertz CT molecular complexity index is 1740. The molecular formula is C34H33N3Na2O4S2. The standard InChI is InChI=1S/C34H31N3O4S2.2Na.2H/c1-2-3-12-31-35-34(42-21-23-13-17-25(18-14-23)27-8-4-6-10-29(27)32(38)39)36-37(31)43-22-24-15-19-26(20-16-24)28-9-5-7-11-30(28)33(40)41;;;;/h4-11,13-20H,2-3,12,21-22H2,1H3,(H,38,39)(H,40,41);;;;/q;2*+1;2*-1. The third kappa shape index (κ3) is 9.83. The maximum Gasteiger partial charge on any atom is 1.00 e. The molecule has 0 radical (unpaired) electrons. The molecule has 5 aromatic rings. The molecule has 1 heterocycles. The van der Waals surface area contributed by atoms with Gasteiger partial charge in [0.2, 0.25) is 5.16 Å². The zero-order valence-corrected chi connectivity index (χ0v) is 31.3. The van der Waals surface area contributed by atoms with Gasteiger partial charge >= 0.3 is 71.1 Å². The van der Waals surface area contributed by atoms with Crippen LogP contribution in [0.3, 0.4) is 0 Å². The van der Waals surface area contributed by atoms with Crippen molar-refractivity contribution in [3.8, 4) is 22.3 Å². The summed E-state index contributed by atoms with van der Waals surface area (Å²) in [6.45, 7) is 2.16. The Morgan fingerprint density at radius 2 is 1.22 bits per heavy atom. The van der Waals surface area contributed by atoms with Crippen molar-refractivity contribution in [2.45, 2.75) is 42.8 Å². The summed E-state index contributed by atoms with van der Waals surface area (Å²) in [5.74, 6) is 0.469. The van der Waals surface area contributed by atoms with E-state index in [2.05, 4.69) is 6.92 Å². The smallest absolute Gasteiger partial charge is 1.00 e. The average Bonchev–Trinajstić information content (AvgIpc) is 3.43. The molecule has 0 saturated heterocycles. The van der Waals surface area contributed by atoms with Crippen LogP contribution in [0.4, 0.5) is 0 Å². The van der Waals surface area contributed by atoms with Crippen LogP contribution in [-0.2, 0) is 17.9 Å². The first-order valence-corrected chi connectivity index (χ1v) is 15.9. The molecule has 0 aliphatic carbocycles. The van der Waals surface area contributed by atoms with Gasteiger partial charge in [-0.15, -0.1) is 5.10 Å². The Morgan fingerprint density at radius 3 is 1.71 bits per heavy atom. The number of thioether (sulfide) groups is 1. The Balaban J connectivity index is 0.00000276. The molecule has 222 valence electrons. The molecule has 0 aliphatic heterocycles. The first-order chi connectivity index (χ1) is 20.9. The van der Waals surface area contributed by atoms with Crippen LogP contribution in [0.5, 0.6) is 0 Å². The second-order valence-electron chi connectivity index (χ2n) is 9.94. The molecule has 0 saturated carbocycles. The number of carboxylic acids is 2. The van der Waals surface area contributed by atoms with Crippen molar-refractivity contribution in [1.82, 2.24) is 14.2 Å². The van der Waals surface area contributed by atoms with Crippen LogP contribution in [0.25, 0.3) is 22.3 Å². The van der Waals surface area contributed by atoms with E-state index in [1.165, 1.54) is 0 Å². The Kier molecular flexibility index (Phi) is 14.9. The van der Waals surface area contributed by atoms with Gasteiger partial charge in [-0.25, -0.2) is 14.6 Å². The zero-order chi connectivity index (χ0) is 30.2. The number of aromatic carboxylic acids is 2. The molecule has 0 bridgehead atoms. The van der Waals surface area contributed by atoms with Crippen molar-refractivity contribution < 1.29 is 81.8 Å². The number of aryl methyl sites for hydroxylation is 1. The predicted octanol–water partition coefficient (Wildman–Crippen LogP) is 2.57. The summed E-state index contributed by atoms with van der Waals surface area (Å²) in [7, 11) is 0. The summed E-state index contributed by atoms with van der Waals surface area (Å²) in [4.78, 5) is 28.0. The maximum absolute atomic E-state index is 11.6. The van der Waals surface area contributed by atoms with E-state index in [0.29, 0.717) is 22.6 Å². The normalized spacial score (nSPS) is 10.5. The molecule has 11 heteroatoms. The molecule has 1 aromatic heterocycles. The second kappa shape index (κ2) is 18.1. The second-order valence-corrected chi connectivity index (χ2v) is 11.8. The number of benzene rings is 4. The van der Waals surface area contributed by atoms with Crippen LogP contribution >= 0.6 is 23.7 Å². The molecular weight excluding hydrogens is 625 g/mol. The van der Waals surface area contributed by atoms with Crippen molar-refractivity contribution in [2.24, 2.45) is 0 Å². The number of carboxylic acid groups (broad SMARTS) is 2. The summed E-state index contributed by atoms with van der Waals surface area (Å²) in [5, 5.41) is 24.5. The van der Waals surface area contributed by atoms with Crippen molar-refractivity contribution in [1.29, 1.82) is 0 Å². The van der Waals surface area contributed by atoms with Crippen LogP contribution < -0.4 is 59.1 Å². The summed E-state index contributed by atoms with van der Waals surface area (Å²) in [6.07, 6.45) is 2.94. The maximum atomic E-state index is 11.6. The van der Waals surface area contributed by atoms with Crippen LogP contribution in [-0.4, -0.2) is 36.3 Å². The number of rotatable bonds is 13. The van der Waals surface area contributed by atoms with Crippen molar-refractivity contribution in [3.05, 3.63) is 125 Å². The molecule has 5 rings (SSSR count). The van der Waals surface area contributed by atoms with E-state index in [1.807, 2.05) is 76.9 Å². The first-order valence-electron chi connectivity index (χ1n) is 14.0. The molecule has 0 amide bonds. The van der Waals surface area contributed by atoms with E-state index in [-0.39, 0.29) is 73.1 Å². The molecule has 7 nitrogen and oxygen atoms in total. The van der Waals surface area contributed by atoms with Crippen LogP contribution in [0.15, 0.2) is 102 Å². The number of hydrogen-bond donors (Lipinski definition) is 2. The van der Waals surface area contributed by atoms with Gasteiger partial charge in [-0.3, -0.25) is 0 Å². The summed E-state index contributed by atoms with van der Waals surface area (Å²) < 4.78 is 1.93. The summed E-state index contributed by atoms with van der Waals surface area (Å²) in [5.41, 5.74) is 5.93. The molecule has 45 heavy (non-hydrogen) atoms. The van der Waals surface area contributed by atoms with Crippen LogP contribution in [0, 0.1) is 0 Å². The van der Waals surface area contributed by atoms with Crippen LogP contribution in [0.2, 0.25) is 0 Å². The fraction of sp³-hybridized carbons (Fsp3) is 0.176. The number of hydrogen-bond acceptors (Lipinski definition) is 6. The van der Waals surface area contributed by atoms with Gasteiger partial charge in [0.15, 0.2) is 0 Å². The molecule has 0 atom stereocenters. The van der Waals surface area contributed by atoms with E-state index in [0.717, 1.165) is 52.5 Å². The van der Waals surface area contributed by atoms with E-state index < -0.39 is 11.9 Å². The van der Waals surface area contributed by atoms with Gasteiger partial charge in [-0.2, -0.15) is 4.09 Å². The number of aromatic nitrogens is 3. The zero-order valence-electron chi connectivity index (χ0n) is 27.6. The van der Waals surface area contributed by atoms with Crippen molar-refractivity contribution in [3.63, 3.8) is 0 Å². The van der Waals surface area contributed by atoms with Gasteiger partial charge < -0.3 is 13.1 Å². The predicted molar refractivity (Wildman–Crippen MR) is 175 cm³/mol. The van der Waals surface area contributed by atoms with Gasteiger partial charge in [-0.05, 0) is 63.9 Å². The fourth-order valence-electron chi connectivity index (χ4n) is 4.65. The first kappa shape index (κ1) is 37.1. The van der Waals surface area contributed by atoms with Gasteiger partial charge in [0, 0.05) is 17.9 Å². The Hall–Kier alpha value is -2.34. The monoisotopic (exact) mass is 657 g/mol. The number of nitrogens with zero attached hydrogens (tertiary/aromatic N) is 3. The van der Waals surface area contributed by atoms with Gasteiger partial charge in [0.05, 0.1) is 11.1 Å². The fourth-order valence-corrected chi connectivity index (χ4v) is 6.38. The molecule has 0 spiro atoms. The van der Waals surface area contributed by atoms with Gasteiger partial charge in [-0.1, -0.05) is 110 Å². The summed E-state index contributed by atoms with van der Waals surface area (Å²) in [6, 6.07) is 30.0. The van der Waals surface area contributed by atoms with Crippen molar-refractivity contribution in [2.75, 3.05) is 0 Å². The molecule has 0 unspecified atom stereocenters. The number of carbonyl (C=O) groups is 2. The Morgan fingerprint density at radius 1 is 0.733 bits per heavy atom. The third-order valence-electron chi connectivity index (χ3n) is 6.94. The van der Waals surface area contributed by atoms with Crippen molar-refractivity contribution >= 4 is 35.6 Å². The minimum Gasteiger partial charge on any atom is -1.00 e. The quantitative estimate of drug-likeness (QED) is 0.147. The van der Waals surface area contributed by atoms with E-state index in [9.17, 15) is 19.8 Å². The van der Waals surface area contributed by atoms with E-state index >= 15 is 0 Å². The SMILES string of the molecule is CCCCc1nc(SCc2ccc(-c3ccccc3C(=O)O)cc2)nn1SCc1ccc(-c2ccccc2C(=O)O)cc1.[H-].[H-].[Na+].[Na+]. The van der Waals surface area contributed by atoms with E-state index in [4.69, 9.17) is 10.1 Å². The minimum absolute atomic E-state index is 0. The largest absolute Gasteiger partial charge is 1.00 e. The Labute approximate surface area is 318 Å².